The summed E-state index contributed by atoms with van der Waals surface area (Å²) in [6, 6.07) is 9.65. The Morgan fingerprint density at radius 1 is 1.30 bits per heavy atom. The highest BCUT2D eigenvalue weighted by Crippen LogP contribution is 2.14. The molecular formula is C16H26ClNO2. The molecule has 0 aliphatic rings. The number of ether oxygens (including phenoxy) is 1. The average molecular weight is 300 g/mol. The average Bonchev–Trinajstić information content (AvgIpc) is 2.47. The Bertz CT molecular complexity index is 344. The van der Waals surface area contributed by atoms with E-state index in [-0.39, 0.29) is 11.2 Å². The van der Waals surface area contributed by atoms with Gasteiger partial charge in [0.15, 0.2) is 0 Å². The number of carbonyl (C=O) groups excluding carboxylic acids is 1. The van der Waals surface area contributed by atoms with Gasteiger partial charge in [0.2, 0.25) is 5.24 Å². The Labute approximate surface area is 127 Å². The molecule has 0 bridgehead atoms. The fourth-order valence-corrected chi connectivity index (χ4v) is 1.89. The molecule has 1 aromatic rings. The lowest BCUT2D eigenvalue weighted by Gasteiger charge is -2.06. The summed E-state index contributed by atoms with van der Waals surface area (Å²) in [5, 5.41) is -0.170. The summed E-state index contributed by atoms with van der Waals surface area (Å²) in [5.41, 5.74) is 5.25. The van der Waals surface area contributed by atoms with E-state index in [9.17, 15) is 4.79 Å². The second-order valence-electron chi connectivity index (χ2n) is 4.50. The van der Waals surface area contributed by atoms with Gasteiger partial charge in [-0.05, 0) is 36.6 Å². The molecule has 0 fully saturated rings. The second-order valence-corrected chi connectivity index (χ2v) is 4.87. The molecule has 0 radical (unpaired) electrons. The van der Waals surface area contributed by atoms with E-state index in [4.69, 9.17) is 22.1 Å². The van der Waals surface area contributed by atoms with Crippen molar-refractivity contribution in [2.45, 2.75) is 39.5 Å². The Hall–Kier alpha value is -1.06. The fourth-order valence-electron chi connectivity index (χ4n) is 1.62. The number of rotatable bonds is 8. The van der Waals surface area contributed by atoms with Crippen LogP contribution in [-0.4, -0.2) is 18.4 Å². The predicted octanol–water partition coefficient (Wildman–Crippen LogP) is 3.99. The van der Waals surface area contributed by atoms with E-state index in [1.807, 2.05) is 37.3 Å². The number of para-hydroxylation sites is 1. The van der Waals surface area contributed by atoms with Crippen LogP contribution in [-0.2, 0) is 4.79 Å². The monoisotopic (exact) mass is 299 g/mol. The minimum atomic E-state index is -0.170. The van der Waals surface area contributed by atoms with Gasteiger partial charge in [0, 0.05) is 12.5 Å². The zero-order valence-electron chi connectivity index (χ0n) is 12.5. The van der Waals surface area contributed by atoms with Crippen molar-refractivity contribution in [1.82, 2.24) is 0 Å². The van der Waals surface area contributed by atoms with Gasteiger partial charge in [0.05, 0.1) is 0 Å². The second kappa shape index (κ2) is 12.9. The van der Waals surface area contributed by atoms with Gasteiger partial charge >= 0.3 is 0 Å². The molecule has 1 atom stereocenters. The van der Waals surface area contributed by atoms with Crippen LogP contribution in [0, 0.1) is 5.92 Å². The Morgan fingerprint density at radius 3 is 2.40 bits per heavy atom. The van der Waals surface area contributed by atoms with Crippen LogP contribution < -0.4 is 10.5 Å². The Morgan fingerprint density at radius 2 is 1.95 bits per heavy atom. The summed E-state index contributed by atoms with van der Waals surface area (Å²) in [7, 11) is 0. The smallest absolute Gasteiger partial charge is 0.224 e. The zero-order valence-corrected chi connectivity index (χ0v) is 13.2. The number of benzene rings is 1. The van der Waals surface area contributed by atoms with Crippen molar-refractivity contribution in [3.8, 4) is 5.75 Å². The summed E-state index contributed by atoms with van der Waals surface area (Å²) in [4.78, 5) is 10.6. The van der Waals surface area contributed by atoms with Gasteiger partial charge in [0.25, 0.3) is 0 Å². The summed E-state index contributed by atoms with van der Waals surface area (Å²) in [6.45, 7) is 5.27. The largest absolute Gasteiger partial charge is 0.492 e. The number of unbranched alkanes of at least 4 members (excludes halogenated alkanes) is 1. The van der Waals surface area contributed by atoms with Gasteiger partial charge in [-0.2, -0.15) is 0 Å². The molecule has 1 rings (SSSR count). The third kappa shape index (κ3) is 9.82. The number of halogens is 1. The minimum Gasteiger partial charge on any atom is -0.492 e. The number of carbonyl (C=O) groups is 1. The highest BCUT2D eigenvalue weighted by molar-refractivity contribution is 6.63. The standard InChI is InChI=1S/C8H15ClO.C8H11NO/c1-3-5-6-7(4-2)8(9)10;9-6-7-10-8-4-2-1-3-5-8/h7H,3-6H2,1-2H3;1-5H,6-7,9H2. The van der Waals surface area contributed by atoms with E-state index in [0.29, 0.717) is 13.2 Å². The maximum absolute atomic E-state index is 10.6. The molecule has 114 valence electrons. The molecule has 2 N–H and O–H groups in total. The van der Waals surface area contributed by atoms with Crippen LogP contribution in [0.5, 0.6) is 5.75 Å². The third-order valence-corrected chi connectivity index (χ3v) is 3.16. The van der Waals surface area contributed by atoms with Gasteiger partial charge in [-0.15, -0.1) is 0 Å². The molecule has 20 heavy (non-hydrogen) atoms. The molecule has 1 aromatic carbocycles. The lowest BCUT2D eigenvalue weighted by atomic mass is 10.0. The summed E-state index contributed by atoms with van der Waals surface area (Å²) >= 11 is 5.34. The van der Waals surface area contributed by atoms with Crippen molar-refractivity contribution >= 4 is 16.8 Å². The summed E-state index contributed by atoms with van der Waals surface area (Å²) in [5.74, 6) is 0.981. The van der Waals surface area contributed by atoms with Gasteiger partial charge in [-0.3, -0.25) is 4.79 Å². The molecule has 0 aromatic heterocycles. The Kier molecular flexibility index (Phi) is 12.3. The maximum atomic E-state index is 10.6. The highest BCUT2D eigenvalue weighted by Gasteiger charge is 2.11. The first-order valence-electron chi connectivity index (χ1n) is 7.22. The molecule has 1 unspecified atom stereocenters. The predicted molar refractivity (Wildman–Crippen MR) is 85.2 cm³/mol. The van der Waals surface area contributed by atoms with Crippen LogP contribution in [0.3, 0.4) is 0 Å². The van der Waals surface area contributed by atoms with Gasteiger partial charge in [0.1, 0.15) is 12.4 Å². The maximum Gasteiger partial charge on any atom is 0.224 e. The minimum absolute atomic E-state index is 0.0987. The third-order valence-electron chi connectivity index (χ3n) is 2.85. The van der Waals surface area contributed by atoms with Crippen LogP contribution >= 0.6 is 11.6 Å². The fraction of sp³-hybridized carbons (Fsp3) is 0.562. The van der Waals surface area contributed by atoms with Crippen LogP contribution in [0.15, 0.2) is 30.3 Å². The van der Waals surface area contributed by atoms with Crippen molar-refractivity contribution in [2.75, 3.05) is 13.2 Å². The molecule has 0 saturated heterocycles. The molecular weight excluding hydrogens is 274 g/mol. The van der Waals surface area contributed by atoms with Crippen LogP contribution in [0.25, 0.3) is 0 Å². The van der Waals surface area contributed by atoms with Crippen molar-refractivity contribution in [2.24, 2.45) is 11.7 Å². The molecule has 3 nitrogen and oxygen atoms in total. The van der Waals surface area contributed by atoms with E-state index < -0.39 is 0 Å². The number of hydrogen-bond donors (Lipinski definition) is 1. The SMILES string of the molecule is CCCCC(CC)C(=O)Cl.NCCOc1ccccc1. The zero-order chi connectivity index (χ0) is 15.2. The van der Waals surface area contributed by atoms with Gasteiger partial charge in [-0.25, -0.2) is 0 Å². The van der Waals surface area contributed by atoms with E-state index in [1.165, 1.54) is 0 Å². The van der Waals surface area contributed by atoms with E-state index in [2.05, 4.69) is 6.92 Å². The van der Waals surface area contributed by atoms with Crippen LogP contribution in [0.1, 0.15) is 39.5 Å². The summed E-state index contributed by atoms with van der Waals surface area (Å²) < 4.78 is 5.23. The first-order chi connectivity index (χ1) is 9.65. The van der Waals surface area contributed by atoms with Crippen molar-refractivity contribution in [1.29, 1.82) is 0 Å². The Balaban J connectivity index is 0.000000361. The number of hydrogen-bond acceptors (Lipinski definition) is 3. The topological polar surface area (TPSA) is 52.3 Å². The normalized spacial score (nSPS) is 11.2. The van der Waals surface area contributed by atoms with Crippen LogP contribution in [0.4, 0.5) is 0 Å². The molecule has 0 aliphatic carbocycles. The first kappa shape index (κ1) is 18.9. The lowest BCUT2D eigenvalue weighted by molar-refractivity contribution is -0.115. The quantitative estimate of drug-likeness (QED) is 0.738. The van der Waals surface area contributed by atoms with E-state index in [0.717, 1.165) is 31.4 Å². The van der Waals surface area contributed by atoms with Gasteiger partial charge in [-0.1, -0.05) is 44.9 Å². The molecule has 0 saturated carbocycles. The lowest BCUT2D eigenvalue weighted by Crippen LogP contribution is -2.10. The molecule has 0 spiro atoms. The summed E-state index contributed by atoms with van der Waals surface area (Å²) in [6.07, 6.45) is 4.08. The highest BCUT2D eigenvalue weighted by atomic mass is 35.5. The molecule has 0 aliphatic heterocycles. The van der Waals surface area contributed by atoms with Gasteiger partial charge < -0.3 is 10.5 Å². The molecule has 0 amide bonds. The van der Waals surface area contributed by atoms with E-state index >= 15 is 0 Å². The molecule has 4 heteroatoms. The van der Waals surface area contributed by atoms with E-state index in [1.54, 1.807) is 0 Å². The molecule has 0 heterocycles. The first-order valence-corrected chi connectivity index (χ1v) is 7.60. The number of nitrogens with two attached hydrogens (primary N) is 1. The van der Waals surface area contributed by atoms with Crippen molar-refractivity contribution in [3.05, 3.63) is 30.3 Å². The van der Waals surface area contributed by atoms with Crippen LogP contribution in [0.2, 0.25) is 0 Å². The van der Waals surface area contributed by atoms with Crippen molar-refractivity contribution in [3.63, 3.8) is 0 Å². The van der Waals surface area contributed by atoms with Crippen molar-refractivity contribution < 1.29 is 9.53 Å².